The van der Waals surface area contributed by atoms with Gasteiger partial charge in [-0.25, -0.2) is 9.56 Å². The lowest BCUT2D eigenvalue weighted by Crippen LogP contribution is -2.47. The Labute approximate surface area is 160 Å². The second kappa shape index (κ2) is 8.76. The zero-order valence-corrected chi connectivity index (χ0v) is 16.1. The van der Waals surface area contributed by atoms with E-state index in [0.717, 1.165) is 11.1 Å². The largest absolute Gasteiger partial charge is 0.472 e. The quantitative estimate of drug-likeness (QED) is 0.517. The van der Waals surface area contributed by atoms with Crippen molar-refractivity contribution < 1.29 is 41.9 Å². The molecular weight excluding hydrogens is 403 g/mol. The molecule has 2 heterocycles. The molecule has 158 valence electrons. The molecule has 1 unspecified atom stereocenters. The number of alkyl halides is 2. The summed E-state index contributed by atoms with van der Waals surface area (Å²) in [5.74, 6) is -4.24. The van der Waals surface area contributed by atoms with E-state index in [2.05, 4.69) is 25.9 Å². The maximum atomic E-state index is 14.5. The highest BCUT2D eigenvalue weighted by molar-refractivity contribution is 7.47. The second-order valence-corrected chi connectivity index (χ2v) is 7.51. The summed E-state index contributed by atoms with van der Waals surface area (Å²) in [4.78, 5) is 25.3. The average Bonchev–Trinajstić information content (AvgIpc) is 2.81. The zero-order chi connectivity index (χ0) is 21.1. The summed E-state index contributed by atoms with van der Waals surface area (Å²) in [6, 6.07) is 0. The molecule has 10 nitrogen and oxygen atoms in total. The molecule has 0 aromatic rings. The number of aliphatic hydroxyl groups excluding tert-OH is 1. The maximum absolute atomic E-state index is 14.5. The number of phosphoric ester groups is 1. The average molecular weight is 425 g/mol. The molecule has 4 atom stereocenters. The second-order valence-electron chi connectivity index (χ2n) is 6.06. The lowest BCUT2D eigenvalue weighted by atomic mass is 10.1. The van der Waals surface area contributed by atoms with Crippen LogP contribution in [-0.4, -0.2) is 64.2 Å². The van der Waals surface area contributed by atoms with Crippen LogP contribution < -0.4 is 5.32 Å². The van der Waals surface area contributed by atoms with Crippen molar-refractivity contribution in [1.29, 1.82) is 0 Å². The van der Waals surface area contributed by atoms with Gasteiger partial charge in [0.2, 0.25) is 12.1 Å². The van der Waals surface area contributed by atoms with Gasteiger partial charge in [-0.3, -0.25) is 13.8 Å². The van der Waals surface area contributed by atoms with Gasteiger partial charge < -0.3 is 25.0 Å². The number of phosphoric acid groups is 1. The number of amides is 1. The van der Waals surface area contributed by atoms with Crippen LogP contribution in [0.25, 0.3) is 0 Å². The van der Waals surface area contributed by atoms with Gasteiger partial charge in [-0.05, 0) is 12.5 Å². The number of ether oxygens (including phenoxy) is 1. The van der Waals surface area contributed by atoms with Gasteiger partial charge in [0.15, 0.2) is 6.10 Å². The van der Waals surface area contributed by atoms with Crippen molar-refractivity contribution in [2.75, 3.05) is 13.2 Å². The van der Waals surface area contributed by atoms with Crippen LogP contribution in [0.15, 0.2) is 29.7 Å². The lowest BCUT2D eigenvalue weighted by Gasteiger charge is -2.32. The van der Waals surface area contributed by atoms with Gasteiger partial charge in [-0.15, -0.1) is 0 Å². The van der Waals surface area contributed by atoms with Gasteiger partial charge in [0.1, 0.15) is 17.8 Å². The molecule has 2 aliphatic rings. The summed E-state index contributed by atoms with van der Waals surface area (Å²) in [5, 5.41) is 12.3. The molecule has 0 saturated carbocycles. The SMILES string of the molecule is C=C1N=C(NC(C)=O)C=CN1[C@@H]1O[C@H](COP(=O)(O)OCCC)[C@H](O)C1(F)F. The Morgan fingerprint density at radius 3 is 2.79 bits per heavy atom. The van der Waals surface area contributed by atoms with Crippen molar-refractivity contribution in [3.63, 3.8) is 0 Å². The van der Waals surface area contributed by atoms with Crippen LogP contribution in [0.3, 0.4) is 0 Å². The van der Waals surface area contributed by atoms with Crippen LogP contribution in [0.5, 0.6) is 0 Å². The Kier molecular flexibility index (Phi) is 7.07. The van der Waals surface area contributed by atoms with Crippen LogP contribution in [0.1, 0.15) is 20.3 Å². The van der Waals surface area contributed by atoms with Gasteiger partial charge in [0.05, 0.1) is 13.2 Å². The highest BCUT2D eigenvalue weighted by Gasteiger charge is 2.61. The van der Waals surface area contributed by atoms with Crippen LogP contribution in [0.2, 0.25) is 0 Å². The van der Waals surface area contributed by atoms with E-state index in [9.17, 15) is 28.1 Å². The number of nitrogens with zero attached hydrogens (tertiary/aromatic N) is 2. The van der Waals surface area contributed by atoms with Gasteiger partial charge in [0, 0.05) is 13.1 Å². The smallest absolute Gasteiger partial charge is 0.384 e. The number of nitrogens with one attached hydrogen (secondary N) is 1. The number of halogens is 2. The van der Waals surface area contributed by atoms with Gasteiger partial charge in [-0.1, -0.05) is 13.5 Å². The van der Waals surface area contributed by atoms with E-state index >= 15 is 0 Å². The minimum atomic E-state index is -4.46. The van der Waals surface area contributed by atoms with Crippen molar-refractivity contribution in [1.82, 2.24) is 10.2 Å². The van der Waals surface area contributed by atoms with Crippen LogP contribution >= 0.6 is 7.82 Å². The predicted octanol–water partition coefficient (Wildman–Crippen LogP) is 1.09. The van der Waals surface area contributed by atoms with E-state index < -0.39 is 44.7 Å². The van der Waals surface area contributed by atoms with Gasteiger partial charge in [0.25, 0.3) is 0 Å². The number of aliphatic imine (C=N–C) groups is 1. The summed E-state index contributed by atoms with van der Waals surface area (Å²) in [6.45, 7) is 5.64. The Balaban J connectivity index is 2.06. The monoisotopic (exact) mass is 425 g/mol. The van der Waals surface area contributed by atoms with Crippen molar-refractivity contribution >= 4 is 19.6 Å². The van der Waals surface area contributed by atoms with Crippen molar-refractivity contribution in [2.24, 2.45) is 4.99 Å². The van der Waals surface area contributed by atoms with Crippen molar-refractivity contribution in [3.8, 4) is 0 Å². The molecule has 0 aromatic carbocycles. The topological polar surface area (TPSA) is 130 Å². The molecule has 0 radical (unpaired) electrons. The summed E-state index contributed by atoms with van der Waals surface area (Å²) in [6.07, 6.45) is -3.04. The Bertz CT molecular complexity index is 730. The normalized spacial score (nSPS) is 28.8. The van der Waals surface area contributed by atoms with Crippen LogP contribution in [0.4, 0.5) is 8.78 Å². The fourth-order valence-corrected chi connectivity index (χ4v) is 3.28. The van der Waals surface area contributed by atoms with E-state index in [0.29, 0.717) is 6.42 Å². The van der Waals surface area contributed by atoms with Crippen molar-refractivity contribution in [3.05, 3.63) is 24.7 Å². The first-order valence-corrected chi connectivity index (χ1v) is 9.82. The highest BCUT2D eigenvalue weighted by Crippen LogP contribution is 2.46. The van der Waals surface area contributed by atoms with Crippen molar-refractivity contribution in [2.45, 2.75) is 44.6 Å². The van der Waals surface area contributed by atoms with Gasteiger partial charge in [-0.2, -0.15) is 8.78 Å². The number of rotatable bonds is 7. The summed E-state index contributed by atoms with van der Waals surface area (Å²) in [7, 11) is -4.46. The number of carbonyl (C=O) groups excluding carboxylic acids is 1. The number of carbonyl (C=O) groups is 1. The number of amidine groups is 1. The standard InChI is InChI=1S/C15H22F2N3O7P/c1-4-7-25-28(23,24)26-8-11-13(22)15(16,17)14(27-11)20-6-5-12(18-9(20)2)19-10(3)21/h5-6,11,13-14,22H,2,4,7-8H2,1,3H3,(H,23,24)(H,18,19,21)/t11-,13+,14-/m1/s1. The van der Waals surface area contributed by atoms with E-state index in [1.165, 1.54) is 13.0 Å². The lowest BCUT2D eigenvalue weighted by molar-refractivity contribution is -0.148. The summed E-state index contributed by atoms with van der Waals surface area (Å²) >= 11 is 0. The molecule has 2 rings (SSSR count). The molecule has 13 heteroatoms. The Hall–Kier alpha value is -1.69. The fourth-order valence-electron chi connectivity index (χ4n) is 2.45. The first-order valence-electron chi connectivity index (χ1n) is 8.33. The number of hydrogen-bond donors (Lipinski definition) is 3. The first-order chi connectivity index (χ1) is 13.0. The third-order valence-corrected chi connectivity index (χ3v) is 4.72. The van der Waals surface area contributed by atoms with E-state index in [-0.39, 0.29) is 18.3 Å². The van der Waals surface area contributed by atoms with Crippen LogP contribution in [-0.2, 0) is 23.1 Å². The summed E-state index contributed by atoms with van der Waals surface area (Å²) < 4.78 is 55.1. The molecule has 0 aliphatic carbocycles. The van der Waals surface area contributed by atoms with Crippen LogP contribution in [0, 0.1) is 0 Å². The maximum Gasteiger partial charge on any atom is 0.472 e. The predicted molar refractivity (Wildman–Crippen MR) is 93.0 cm³/mol. The molecular formula is C15H22F2N3O7P. The Morgan fingerprint density at radius 2 is 2.21 bits per heavy atom. The summed E-state index contributed by atoms with van der Waals surface area (Å²) in [5.41, 5.74) is 0. The third kappa shape index (κ3) is 5.22. The fraction of sp³-hybridized carbons (Fsp3) is 0.600. The third-order valence-electron chi connectivity index (χ3n) is 3.74. The van der Waals surface area contributed by atoms with E-state index in [1.807, 2.05) is 0 Å². The molecule has 28 heavy (non-hydrogen) atoms. The molecule has 1 amide bonds. The molecule has 0 spiro atoms. The first kappa shape index (κ1) is 22.6. The van der Waals surface area contributed by atoms with E-state index in [1.54, 1.807) is 6.92 Å². The molecule has 1 fully saturated rings. The molecule has 0 bridgehead atoms. The Morgan fingerprint density at radius 1 is 1.54 bits per heavy atom. The highest BCUT2D eigenvalue weighted by atomic mass is 31.2. The zero-order valence-electron chi connectivity index (χ0n) is 15.2. The minimum Gasteiger partial charge on any atom is -0.384 e. The molecule has 2 aliphatic heterocycles. The van der Waals surface area contributed by atoms with E-state index in [4.69, 9.17) is 4.74 Å². The van der Waals surface area contributed by atoms with Gasteiger partial charge >= 0.3 is 13.7 Å². The molecule has 3 N–H and O–H groups in total. The minimum absolute atomic E-state index is 0.0618. The number of hydrogen-bond acceptors (Lipinski definition) is 8. The molecule has 0 aromatic heterocycles. The number of aliphatic hydroxyl groups is 1. The molecule has 1 saturated heterocycles.